The highest BCUT2D eigenvalue weighted by Gasteiger charge is 1.92. The Morgan fingerprint density at radius 2 is 1.86 bits per heavy atom. The topological polar surface area (TPSA) is 30.5 Å². The van der Waals surface area contributed by atoms with Crippen LogP contribution in [0.1, 0.15) is 33.6 Å². The van der Waals surface area contributed by atoms with Crippen LogP contribution in [-0.2, 0) is 9.47 Å². The lowest BCUT2D eigenvalue weighted by Gasteiger charge is -2.08. The second kappa shape index (κ2) is 11.0. The molecule has 0 aromatic rings. The lowest BCUT2D eigenvalue weighted by molar-refractivity contribution is 0.0764. The van der Waals surface area contributed by atoms with Gasteiger partial charge in [0.2, 0.25) is 0 Å². The van der Waals surface area contributed by atoms with E-state index in [-0.39, 0.29) is 0 Å². The summed E-state index contributed by atoms with van der Waals surface area (Å²) in [6.07, 6.45) is 2.52. The minimum atomic E-state index is 0.350. The molecular formula is C11H25NO2. The fraction of sp³-hybridized carbons (Fsp3) is 1.00. The lowest BCUT2D eigenvalue weighted by atomic mass is 10.4. The summed E-state index contributed by atoms with van der Waals surface area (Å²) in [4.78, 5) is 0. The molecule has 0 aliphatic rings. The summed E-state index contributed by atoms with van der Waals surface area (Å²) in [6, 6.07) is 0. The van der Waals surface area contributed by atoms with Gasteiger partial charge < -0.3 is 14.8 Å². The normalized spacial score (nSPS) is 11.1. The van der Waals surface area contributed by atoms with Crippen LogP contribution < -0.4 is 5.32 Å². The van der Waals surface area contributed by atoms with Gasteiger partial charge >= 0.3 is 0 Å². The monoisotopic (exact) mass is 203 g/mol. The van der Waals surface area contributed by atoms with Crippen LogP contribution >= 0.6 is 0 Å². The SMILES string of the molecule is CCCOCCNCCCOC(C)C. The molecule has 0 heterocycles. The summed E-state index contributed by atoms with van der Waals surface area (Å²) in [5.74, 6) is 0. The Balaban J connectivity index is 2.85. The molecule has 0 aromatic carbocycles. The lowest BCUT2D eigenvalue weighted by Crippen LogP contribution is -2.22. The minimum Gasteiger partial charge on any atom is -0.380 e. The summed E-state index contributed by atoms with van der Waals surface area (Å²) < 4.78 is 10.7. The van der Waals surface area contributed by atoms with Gasteiger partial charge in [-0.25, -0.2) is 0 Å². The average molecular weight is 203 g/mol. The van der Waals surface area contributed by atoms with E-state index in [1.54, 1.807) is 0 Å². The zero-order valence-corrected chi connectivity index (χ0v) is 9.84. The maximum absolute atomic E-state index is 5.42. The van der Waals surface area contributed by atoms with Crippen molar-refractivity contribution in [2.75, 3.05) is 32.9 Å². The van der Waals surface area contributed by atoms with Crippen molar-refractivity contribution < 1.29 is 9.47 Å². The van der Waals surface area contributed by atoms with E-state index in [4.69, 9.17) is 9.47 Å². The molecule has 0 unspecified atom stereocenters. The van der Waals surface area contributed by atoms with E-state index >= 15 is 0 Å². The molecule has 3 nitrogen and oxygen atoms in total. The number of ether oxygens (including phenoxy) is 2. The van der Waals surface area contributed by atoms with Gasteiger partial charge in [0.1, 0.15) is 0 Å². The van der Waals surface area contributed by atoms with Crippen molar-refractivity contribution in [3.05, 3.63) is 0 Å². The molecule has 0 saturated heterocycles. The first kappa shape index (κ1) is 13.9. The Morgan fingerprint density at radius 1 is 1.07 bits per heavy atom. The van der Waals surface area contributed by atoms with Gasteiger partial charge in [0.05, 0.1) is 12.7 Å². The van der Waals surface area contributed by atoms with Crippen LogP contribution in [0.2, 0.25) is 0 Å². The first-order valence-electron chi connectivity index (χ1n) is 5.67. The Bertz CT molecular complexity index is 107. The maximum atomic E-state index is 5.42. The molecule has 0 aliphatic heterocycles. The highest BCUT2D eigenvalue weighted by atomic mass is 16.5. The second-order valence-electron chi connectivity index (χ2n) is 3.64. The molecule has 0 aliphatic carbocycles. The molecular weight excluding hydrogens is 178 g/mol. The van der Waals surface area contributed by atoms with Gasteiger partial charge in [0.25, 0.3) is 0 Å². The Hall–Kier alpha value is -0.120. The zero-order chi connectivity index (χ0) is 10.6. The van der Waals surface area contributed by atoms with Crippen LogP contribution in [0.25, 0.3) is 0 Å². The van der Waals surface area contributed by atoms with Gasteiger partial charge in [0.15, 0.2) is 0 Å². The third-order valence-corrected chi connectivity index (χ3v) is 1.72. The summed E-state index contributed by atoms with van der Waals surface area (Å²) >= 11 is 0. The molecule has 86 valence electrons. The number of rotatable bonds is 10. The number of nitrogens with one attached hydrogen (secondary N) is 1. The van der Waals surface area contributed by atoms with Crippen molar-refractivity contribution in [2.24, 2.45) is 0 Å². The number of hydrogen-bond acceptors (Lipinski definition) is 3. The van der Waals surface area contributed by atoms with Crippen molar-refractivity contribution in [1.82, 2.24) is 5.32 Å². The number of hydrogen-bond donors (Lipinski definition) is 1. The first-order chi connectivity index (χ1) is 6.77. The minimum absolute atomic E-state index is 0.350. The molecule has 0 aromatic heterocycles. The summed E-state index contributed by atoms with van der Waals surface area (Å²) in [7, 11) is 0. The molecule has 3 heteroatoms. The van der Waals surface area contributed by atoms with E-state index in [1.165, 1.54) is 0 Å². The highest BCUT2D eigenvalue weighted by Crippen LogP contribution is 1.88. The third kappa shape index (κ3) is 11.9. The van der Waals surface area contributed by atoms with Crippen molar-refractivity contribution in [3.63, 3.8) is 0 Å². The van der Waals surface area contributed by atoms with E-state index < -0.39 is 0 Å². The Morgan fingerprint density at radius 3 is 2.50 bits per heavy atom. The van der Waals surface area contributed by atoms with E-state index in [1.807, 2.05) is 0 Å². The highest BCUT2D eigenvalue weighted by molar-refractivity contribution is 4.47. The van der Waals surface area contributed by atoms with Crippen LogP contribution in [0, 0.1) is 0 Å². The summed E-state index contributed by atoms with van der Waals surface area (Å²) in [5.41, 5.74) is 0. The van der Waals surface area contributed by atoms with Gasteiger partial charge in [-0.15, -0.1) is 0 Å². The quantitative estimate of drug-likeness (QED) is 0.549. The first-order valence-corrected chi connectivity index (χ1v) is 5.67. The Kier molecular flexibility index (Phi) is 10.9. The fourth-order valence-corrected chi connectivity index (χ4v) is 1.03. The van der Waals surface area contributed by atoms with Gasteiger partial charge in [-0.05, 0) is 33.2 Å². The smallest absolute Gasteiger partial charge is 0.0590 e. The molecule has 0 fully saturated rings. The van der Waals surface area contributed by atoms with Crippen LogP contribution in [0.15, 0.2) is 0 Å². The second-order valence-corrected chi connectivity index (χ2v) is 3.64. The van der Waals surface area contributed by atoms with Crippen LogP contribution in [0.5, 0.6) is 0 Å². The van der Waals surface area contributed by atoms with Gasteiger partial charge in [-0.3, -0.25) is 0 Å². The van der Waals surface area contributed by atoms with Crippen LogP contribution in [0.3, 0.4) is 0 Å². The molecule has 0 spiro atoms. The van der Waals surface area contributed by atoms with E-state index in [0.717, 1.165) is 45.8 Å². The molecule has 14 heavy (non-hydrogen) atoms. The van der Waals surface area contributed by atoms with E-state index in [0.29, 0.717) is 6.10 Å². The third-order valence-electron chi connectivity index (χ3n) is 1.72. The zero-order valence-electron chi connectivity index (χ0n) is 9.84. The Labute approximate surface area is 88.2 Å². The molecule has 0 rings (SSSR count). The van der Waals surface area contributed by atoms with Gasteiger partial charge in [-0.2, -0.15) is 0 Å². The van der Waals surface area contributed by atoms with E-state index in [9.17, 15) is 0 Å². The standard InChI is InChI=1S/C11H25NO2/c1-4-8-13-10-7-12-6-5-9-14-11(2)3/h11-12H,4-10H2,1-3H3. The molecule has 0 amide bonds. The predicted molar refractivity (Wildman–Crippen MR) is 59.7 cm³/mol. The maximum Gasteiger partial charge on any atom is 0.0590 e. The van der Waals surface area contributed by atoms with Crippen molar-refractivity contribution >= 4 is 0 Å². The molecule has 0 saturated carbocycles. The largest absolute Gasteiger partial charge is 0.380 e. The fourth-order valence-electron chi connectivity index (χ4n) is 1.03. The molecule has 0 bridgehead atoms. The van der Waals surface area contributed by atoms with Crippen molar-refractivity contribution in [2.45, 2.75) is 39.7 Å². The van der Waals surface area contributed by atoms with Crippen LogP contribution in [-0.4, -0.2) is 39.0 Å². The molecule has 0 radical (unpaired) electrons. The van der Waals surface area contributed by atoms with Crippen molar-refractivity contribution in [1.29, 1.82) is 0 Å². The summed E-state index contributed by atoms with van der Waals surface area (Å²) in [5, 5.41) is 3.31. The van der Waals surface area contributed by atoms with Crippen LogP contribution in [0.4, 0.5) is 0 Å². The summed E-state index contributed by atoms with van der Waals surface area (Å²) in [6.45, 7) is 10.7. The predicted octanol–water partition coefficient (Wildman–Crippen LogP) is 1.82. The van der Waals surface area contributed by atoms with Gasteiger partial charge in [0, 0.05) is 19.8 Å². The average Bonchev–Trinajstić information content (AvgIpc) is 2.15. The van der Waals surface area contributed by atoms with Crippen molar-refractivity contribution in [3.8, 4) is 0 Å². The molecule has 1 N–H and O–H groups in total. The molecule has 0 atom stereocenters. The van der Waals surface area contributed by atoms with E-state index in [2.05, 4.69) is 26.1 Å². The van der Waals surface area contributed by atoms with Gasteiger partial charge in [-0.1, -0.05) is 6.92 Å².